The number of nitrogens with zero attached hydrogens (tertiary/aromatic N) is 7. The number of hydrogen-bond donors (Lipinski definition) is 2. The van der Waals surface area contributed by atoms with E-state index >= 15 is 0 Å². The normalized spacial score (nSPS) is 17.8. The Balaban J connectivity index is 1.53. The Morgan fingerprint density at radius 2 is 2.24 bits per heavy atom. The second-order valence-electron chi connectivity index (χ2n) is 8.15. The van der Waals surface area contributed by atoms with Crippen molar-refractivity contribution < 1.29 is 9.53 Å². The van der Waals surface area contributed by atoms with E-state index in [0.29, 0.717) is 59.0 Å². The highest BCUT2D eigenvalue weighted by Gasteiger charge is 2.28. The van der Waals surface area contributed by atoms with Crippen LogP contribution in [0.5, 0.6) is 0 Å². The number of nitriles is 1. The summed E-state index contributed by atoms with van der Waals surface area (Å²) < 4.78 is 7.30. The van der Waals surface area contributed by atoms with Gasteiger partial charge in [-0.25, -0.2) is 4.98 Å². The molecule has 5 rings (SSSR count). The van der Waals surface area contributed by atoms with Crippen LogP contribution in [0.4, 0.5) is 23.3 Å². The molecule has 3 heterocycles. The summed E-state index contributed by atoms with van der Waals surface area (Å²) in [5.41, 5.74) is 1.84. The van der Waals surface area contributed by atoms with Crippen LogP contribution in [0.1, 0.15) is 37.0 Å². The Kier molecular flexibility index (Phi) is 5.65. The molecule has 1 saturated heterocycles. The molecule has 3 aromatic rings. The first-order chi connectivity index (χ1) is 16.5. The maximum atomic E-state index is 11.9. The van der Waals surface area contributed by atoms with Crippen LogP contribution in [0.15, 0.2) is 18.3 Å². The Labute approximate surface area is 200 Å². The number of morpholine rings is 1. The van der Waals surface area contributed by atoms with Gasteiger partial charge in [-0.1, -0.05) is 23.3 Å². The summed E-state index contributed by atoms with van der Waals surface area (Å²) in [6.07, 6.45) is 3.04. The molecule has 0 spiro atoms. The van der Waals surface area contributed by atoms with Gasteiger partial charge in [-0.15, -0.1) is 4.52 Å². The minimum atomic E-state index is -0.475. The third-order valence-corrected chi connectivity index (χ3v) is 6.13. The van der Waals surface area contributed by atoms with Gasteiger partial charge in [0.1, 0.15) is 6.10 Å². The lowest BCUT2D eigenvalue weighted by atomic mass is 10.0. The summed E-state index contributed by atoms with van der Waals surface area (Å²) in [4.78, 5) is 25.9. The van der Waals surface area contributed by atoms with Crippen molar-refractivity contribution in [1.82, 2.24) is 24.5 Å². The average molecular weight is 478 g/mol. The van der Waals surface area contributed by atoms with Crippen LogP contribution in [0.25, 0.3) is 10.5 Å². The lowest BCUT2D eigenvalue weighted by molar-refractivity contribution is -0.136. The van der Waals surface area contributed by atoms with Crippen LogP contribution in [-0.2, 0) is 9.53 Å². The molecule has 0 radical (unpaired) electrons. The van der Waals surface area contributed by atoms with E-state index in [1.807, 2.05) is 0 Å². The number of rotatable bonds is 5. The number of fused-ring (bicyclic) bond motifs is 1. The zero-order chi connectivity index (χ0) is 23.8. The van der Waals surface area contributed by atoms with Gasteiger partial charge >= 0.3 is 0 Å². The Morgan fingerprint density at radius 1 is 1.41 bits per heavy atom. The Hall–Kier alpha value is -3.93. The number of carbonyl (C=O) groups is 1. The Morgan fingerprint density at radius 3 is 2.94 bits per heavy atom. The van der Waals surface area contributed by atoms with Crippen molar-refractivity contribution in [3.8, 4) is 6.07 Å². The molecular formula is C22H20ClN9O2. The molecule has 0 bridgehead atoms. The molecule has 1 saturated carbocycles. The van der Waals surface area contributed by atoms with E-state index in [4.69, 9.17) is 22.9 Å². The zero-order valence-corrected chi connectivity index (χ0v) is 19.0. The first kappa shape index (κ1) is 21.9. The van der Waals surface area contributed by atoms with Crippen molar-refractivity contribution in [1.29, 1.82) is 5.26 Å². The number of ether oxygens (including phenoxy) is 1. The van der Waals surface area contributed by atoms with E-state index < -0.39 is 6.10 Å². The van der Waals surface area contributed by atoms with Crippen molar-refractivity contribution in [2.45, 2.75) is 31.9 Å². The SMILES string of the molecule is [C-]#[N+]c1cnc2c(NC3CC3)nc(Nc3cc(C#N)cc(C4CN(C(C)=O)CCO4)c3Cl)nn12. The molecule has 34 heavy (non-hydrogen) atoms. The highest BCUT2D eigenvalue weighted by Crippen LogP contribution is 2.36. The number of hydrogen-bond acceptors (Lipinski definition) is 8. The molecular weight excluding hydrogens is 458 g/mol. The van der Waals surface area contributed by atoms with Gasteiger partial charge in [-0.2, -0.15) is 10.2 Å². The fourth-order valence-corrected chi connectivity index (χ4v) is 4.08. The molecule has 172 valence electrons. The first-order valence-electron chi connectivity index (χ1n) is 10.7. The largest absolute Gasteiger partial charge is 0.370 e. The summed E-state index contributed by atoms with van der Waals surface area (Å²) in [6, 6.07) is 5.72. The summed E-state index contributed by atoms with van der Waals surface area (Å²) >= 11 is 6.74. The molecule has 1 amide bonds. The smallest absolute Gasteiger partial charge is 0.275 e. The number of carbonyl (C=O) groups excluding carboxylic acids is 1. The van der Waals surface area contributed by atoms with Crippen LogP contribution in [0.2, 0.25) is 5.02 Å². The van der Waals surface area contributed by atoms with Crippen molar-refractivity contribution in [3.63, 3.8) is 0 Å². The van der Waals surface area contributed by atoms with Gasteiger partial charge < -0.3 is 25.1 Å². The van der Waals surface area contributed by atoms with E-state index in [1.54, 1.807) is 17.0 Å². The van der Waals surface area contributed by atoms with Gasteiger partial charge in [0.2, 0.25) is 5.91 Å². The molecule has 1 aliphatic carbocycles. The molecule has 2 aromatic heterocycles. The second-order valence-corrected chi connectivity index (χ2v) is 8.53. The summed E-state index contributed by atoms with van der Waals surface area (Å²) in [6.45, 7) is 10.1. The minimum Gasteiger partial charge on any atom is -0.370 e. The molecule has 2 fully saturated rings. The fraction of sp³-hybridized carbons (Fsp3) is 0.364. The maximum absolute atomic E-state index is 11.9. The molecule has 2 N–H and O–H groups in total. The highest BCUT2D eigenvalue weighted by atomic mass is 35.5. The number of anilines is 3. The van der Waals surface area contributed by atoms with Gasteiger partial charge in [0.05, 0.1) is 41.7 Å². The maximum Gasteiger partial charge on any atom is 0.275 e. The second kappa shape index (κ2) is 8.78. The third kappa shape index (κ3) is 4.19. The number of benzene rings is 1. The van der Waals surface area contributed by atoms with Crippen molar-refractivity contribution in [3.05, 3.63) is 45.9 Å². The van der Waals surface area contributed by atoms with E-state index in [0.717, 1.165) is 12.8 Å². The third-order valence-electron chi connectivity index (χ3n) is 5.71. The molecule has 1 aliphatic heterocycles. The Bertz CT molecular complexity index is 1370. The summed E-state index contributed by atoms with van der Waals surface area (Å²) in [7, 11) is 0. The van der Waals surface area contributed by atoms with Crippen molar-refractivity contribution >= 4 is 46.4 Å². The van der Waals surface area contributed by atoms with Crippen molar-refractivity contribution in [2.75, 3.05) is 30.3 Å². The van der Waals surface area contributed by atoms with Gasteiger partial charge in [0, 0.05) is 25.1 Å². The van der Waals surface area contributed by atoms with Crippen LogP contribution in [0, 0.1) is 17.9 Å². The molecule has 2 aliphatic rings. The standard InChI is InChI=1S/C22H20ClN9O2/c1-12(33)31-5-6-34-17(11-31)15-7-13(9-24)8-16(19(15)23)28-22-29-20(27-14-3-4-14)21-26-10-18(25-2)32(21)30-22/h7-8,10,14,17H,3-6,11H2,1H3,(H2,27,28,29,30). The fourth-order valence-electron chi connectivity index (χ4n) is 3.80. The number of nitrogens with one attached hydrogen (secondary N) is 2. The van der Waals surface area contributed by atoms with E-state index in [1.165, 1.54) is 17.6 Å². The summed E-state index contributed by atoms with van der Waals surface area (Å²) in [5.74, 6) is 0.899. The van der Waals surface area contributed by atoms with Crippen molar-refractivity contribution in [2.24, 2.45) is 0 Å². The van der Waals surface area contributed by atoms with E-state index in [-0.39, 0.29) is 17.7 Å². The molecule has 11 nitrogen and oxygen atoms in total. The summed E-state index contributed by atoms with van der Waals surface area (Å²) in [5, 5.41) is 20.8. The van der Waals surface area contributed by atoms with Gasteiger partial charge in [0.25, 0.3) is 17.4 Å². The van der Waals surface area contributed by atoms with Crippen LogP contribution in [0.3, 0.4) is 0 Å². The van der Waals surface area contributed by atoms with Gasteiger partial charge in [-0.05, 0) is 25.0 Å². The van der Waals surface area contributed by atoms with Gasteiger partial charge in [-0.3, -0.25) is 4.79 Å². The highest BCUT2D eigenvalue weighted by molar-refractivity contribution is 6.34. The van der Waals surface area contributed by atoms with Crippen LogP contribution in [-0.4, -0.2) is 56.1 Å². The monoisotopic (exact) mass is 477 g/mol. The predicted octanol–water partition coefficient (Wildman–Crippen LogP) is 3.44. The first-order valence-corrected chi connectivity index (χ1v) is 11.1. The lowest BCUT2D eigenvalue weighted by Gasteiger charge is -2.33. The molecule has 12 heteroatoms. The molecule has 1 aromatic carbocycles. The van der Waals surface area contributed by atoms with E-state index in [9.17, 15) is 10.1 Å². The van der Waals surface area contributed by atoms with Crippen LogP contribution < -0.4 is 10.6 Å². The lowest BCUT2D eigenvalue weighted by Crippen LogP contribution is -2.41. The van der Waals surface area contributed by atoms with Crippen LogP contribution >= 0.6 is 11.6 Å². The zero-order valence-electron chi connectivity index (χ0n) is 18.2. The number of aromatic nitrogens is 4. The topological polar surface area (TPSA) is 125 Å². The predicted molar refractivity (Wildman–Crippen MR) is 124 cm³/mol. The average Bonchev–Trinajstić information content (AvgIpc) is 3.56. The molecule has 1 unspecified atom stereocenters. The number of halogens is 1. The number of imidazole rings is 1. The van der Waals surface area contributed by atoms with E-state index in [2.05, 4.69) is 36.6 Å². The number of amides is 1. The minimum absolute atomic E-state index is 0.0486. The quantitative estimate of drug-likeness (QED) is 0.535. The molecule has 1 atom stereocenters. The van der Waals surface area contributed by atoms with Gasteiger partial charge in [0.15, 0.2) is 5.82 Å².